The Labute approximate surface area is 95.3 Å². The van der Waals surface area contributed by atoms with Crippen LogP contribution in [0.15, 0.2) is 42.5 Å². The molecule has 0 atom stereocenters. The maximum Gasteiger partial charge on any atom is 0.167 e. The van der Waals surface area contributed by atoms with Crippen LogP contribution in [0.5, 0.6) is 0 Å². The van der Waals surface area contributed by atoms with Gasteiger partial charge in [0.1, 0.15) is 5.82 Å². The van der Waals surface area contributed by atoms with Gasteiger partial charge in [0.15, 0.2) is 11.6 Å². The molecule has 0 aromatic heterocycles. The lowest BCUT2D eigenvalue weighted by Gasteiger charge is -2.06. The minimum atomic E-state index is -0.932. The lowest BCUT2D eigenvalue weighted by atomic mass is 10.0. The average Bonchev–Trinajstić information content (AvgIpc) is 2.34. The fourth-order valence-corrected chi connectivity index (χ4v) is 2.08. The summed E-state index contributed by atoms with van der Waals surface area (Å²) in [4.78, 5) is 0. The second kappa shape index (κ2) is 3.48. The summed E-state index contributed by atoms with van der Waals surface area (Å²) in [5.41, 5.74) is 0. The van der Waals surface area contributed by atoms with Crippen LogP contribution in [0.2, 0.25) is 0 Å². The zero-order valence-electron chi connectivity index (χ0n) is 8.68. The van der Waals surface area contributed by atoms with Crippen LogP contribution in [0, 0.1) is 17.5 Å². The van der Waals surface area contributed by atoms with Gasteiger partial charge in [-0.25, -0.2) is 13.2 Å². The molecule has 0 aliphatic heterocycles. The highest BCUT2D eigenvalue weighted by Crippen LogP contribution is 2.30. The zero-order valence-corrected chi connectivity index (χ0v) is 8.68. The third-order valence-corrected chi connectivity index (χ3v) is 2.88. The number of hydrogen-bond acceptors (Lipinski definition) is 0. The number of benzene rings is 3. The van der Waals surface area contributed by atoms with E-state index in [2.05, 4.69) is 0 Å². The number of fused-ring (bicyclic) bond motifs is 3. The summed E-state index contributed by atoms with van der Waals surface area (Å²) in [6.45, 7) is 0. The third kappa shape index (κ3) is 1.39. The molecule has 0 radical (unpaired) electrons. The van der Waals surface area contributed by atoms with Crippen LogP contribution in [0.3, 0.4) is 0 Å². The second-order valence-corrected chi connectivity index (χ2v) is 3.86. The summed E-state index contributed by atoms with van der Waals surface area (Å²) < 4.78 is 40.5. The fraction of sp³-hybridized carbons (Fsp3) is 0. The average molecular weight is 232 g/mol. The highest BCUT2D eigenvalue weighted by molar-refractivity contribution is 6.07. The molecular formula is C14H7F3. The van der Waals surface area contributed by atoms with Crippen molar-refractivity contribution in [1.29, 1.82) is 0 Å². The van der Waals surface area contributed by atoms with E-state index in [1.807, 2.05) is 0 Å². The van der Waals surface area contributed by atoms with Gasteiger partial charge in [0.05, 0.1) is 0 Å². The molecular weight excluding hydrogens is 225 g/mol. The van der Waals surface area contributed by atoms with Crippen molar-refractivity contribution in [1.82, 2.24) is 0 Å². The lowest BCUT2D eigenvalue weighted by Crippen LogP contribution is -1.89. The van der Waals surface area contributed by atoms with Gasteiger partial charge in [-0.15, -0.1) is 0 Å². The summed E-state index contributed by atoms with van der Waals surface area (Å²) in [6, 6.07) is 10.1. The monoisotopic (exact) mass is 232 g/mol. The molecule has 0 aliphatic rings. The lowest BCUT2D eigenvalue weighted by molar-refractivity contribution is 0.517. The van der Waals surface area contributed by atoms with Gasteiger partial charge in [0.25, 0.3) is 0 Å². The Morgan fingerprint density at radius 1 is 0.647 bits per heavy atom. The molecule has 0 saturated heterocycles. The summed E-state index contributed by atoms with van der Waals surface area (Å²) in [5, 5.41) is 1.37. The maximum absolute atomic E-state index is 13.8. The van der Waals surface area contributed by atoms with Crippen molar-refractivity contribution in [3.8, 4) is 0 Å². The Kier molecular flexibility index (Phi) is 2.08. The first-order valence-corrected chi connectivity index (χ1v) is 5.13. The van der Waals surface area contributed by atoms with Crippen molar-refractivity contribution >= 4 is 21.5 Å². The summed E-state index contributed by atoms with van der Waals surface area (Å²) in [6.07, 6.45) is 0. The van der Waals surface area contributed by atoms with Crippen molar-refractivity contribution in [3.63, 3.8) is 0 Å². The maximum atomic E-state index is 13.8. The molecule has 3 aromatic carbocycles. The molecule has 3 heteroatoms. The molecule has 3 rings (SSSR count). The Balaban J connectivity index is 2.63. The van der Waals surface area contributed by atoms with Crippen LogP contribution < -0.4 is 0 Å². The van der Waals surface area contributed by atoms with E-state index in [0.29, 0.717) is 16.2 Å². The highest BCUT2D eigenvalue weighted by Gasteiger charge is 2.11. The van der Waals surface area contributed by atoms with E-state index >= 15 is 0 Å². The predicted molar refractivity (Wildman–Crippen MR) is 61.3 cm³/mol. The van der Waals surface area contributed by atoms with Crippen LogP contribution in [0.25, 0.3) is 21.5 Å². The van der Waals surface area contributed by atoms with Crippen LogP contribution in [0.4, 0.5) is 13.2 Å². The van der Waals surface area contributed by atoms with E-state index in [1.54, 1.807) is 18.2 Å². The van der Waals surface area contributed by atoms with Crippen molar-refractivity contribution in [2.24, 2.45) is 0 Å². The minimum absolute atomic E-state index is 0.127. The topological polar surface area (TPSA) is 0 Å². The predicted octanol–water partition coefficient (Wildman–Crippen LogP) is 4.41. The number of rotatable bonds is 0. The minimum Gasteiger partial charge on any atom is -0.206 e. The Morgan fingerprint density at radius 2 is 1.41 bits per heavy atom. The largest absolute Gasteiger partial charge is 0.206 e. The zero-order chi connectivity index (χ0) is 12.0. The first-order chi connectivity index (χ1) is 8.18. The Hall–Kier alpha value is -2.03. The molecule has 17 heavy (non-hydrogen) atoms. The summed E-state index contributed by atoms with van der Waals surface area (Å²) in [5.74, 6) is -2.29. The third-order valence-electron chi connectivity index (χ3n) is 2.88. The molecule has 0 unspecified atom stereocenters. The Bertz CT molecular complexity index is 732. The van der Waals surface area contributed by atoms with Gasteiger partial charge in [-0.1, -0.05) is 30.3 Å². The molecule has 0 spiro atoms. The Morgan fingerprint density at radius 3 is 2.24 bits per heavy atom. The molecule has 0 N–H and O–H groups in total. The van der Waals surface area contributed by atoms with E-state index in [0.717, 1.165) is 6.07 Å². The van der Waals surface area contributed by atoms with Gasteiger partial charge in [-0.2, -0.15) is 0 Å². The summed E-state index contributed by atoms with van der Waals surface area (Å²) in [7, 11) is 0. The van der Waals surface area contributed by atoms with Crippen molar-refractivity contribution in [3.05, 3.63) is 59.9 Å². The number of halogens is 3. The number of hydrogen-bond donors (Lipinski definition) is 0. The molecule has 0 bridgehead atoms. The molecule has 0 heterocycles. The molecule has 0 saturated carbocycles. The highest BCUT2D eigenvalue weighted by atomic mass is 19.2. The quantitative estimate of drug-likeness (QED) is 0.503. The van der Waals surface area contributed by atoms with E-state index in [1.165, 1.54) is 18.2 Å². The molecule has 0 aliphatic carbocycles. The van der Waals surface area contributed by atoms with E-state index in [9.17, 15) is 13.2 Å². The molecule has 3 aromatic rings. The first-order valence-electron chi connectivity index (χ1n) is 5.13. The van der Waals surface area contributed by atoms with Crippen LogP contribution >= 0.6 is 0 Å². The van der Waals surface area contributed by atoms with Crippen LogP contribution in [-0.2, 0) is 0 Å². The van der Waals surface area contributed by atoms with Crippen LogP contribution in [0.1, 0.15) is 0 Å². The summed E-state index contributed by atoms with van der Waals surface area (Å²) >= 11 is 0. The van der Waals surface area contributed by atoms with Gasteiger partial charge in [-0.05, 0) is 22.9 Å². The molecule has 0 nitrogen and oxygen atoms in total. The van der Waals surface area contributed by atoms with Crippen molar-refractivity contribution in [2.75, 3.05) is 0 Å². The molecule has 0 amide bonds. The van der Waals surface area contributed by atoms with Crippen LogP contribution in [-0.4, -0.2) is 0 Å². The fourth-order valence-electron chi connectivity index (χ4n) is 2.08. The molecule has 84 valence electrons. The standard InChI is InChI=1S/C14H7F3/c15-11-3-1-2-10-9(11)6-4-8-5-7-12(16)14(17)13(8)10/h1-7H. The van der Waals surface area contributed by atoms with Crippen molar-refractivity contribution in [2.45, 2.75) is 0 Å². The smallest absolute Gasteiger partial charge is 0.167 e. The normalized spacial score (nSPS) is 11.2. The van der Waals surface area contributed by atoms with E-state index in [-0.39, 0.29) is 5.39 Å². The van der Waals surface area contributed by atoms with Crippen molar-refractivity contribution < 1.29 is 13.2 Å². The van der Waals surface area contributed by atoms with Gasteiger partial charge in [0, 0.05) is 10.8 Å². The van der Waals surface area contributed by atoms with Gasteiger partial charge >= 0.3 is 0 Å². The van der Waals surface area contributed by atoms with Gasteiger partial charge < -0.3 is 0 Å². The second-order valence-electron chi connectivity index (χ2n) is 3.86. The van der Waals surface area contributed by atoms with E-state index in [4.69, 9.17) is 0 Å². The van der Waals surface area contributed by atoms with E-state index < -0.39 is 17.5 Å². The first kappa shape index (κ1) is 10.1. The van der Waals surface area contributed by atoms with Gasteiger partial charge in [0.2, 0.25) is 0 Å². The molecule has 0 fully saturated rings. The van der Waals surface area contributed by atoms with Gasteiger partial charge in [-0.3, -0.25) is 0 Å². The SMILES string of the molecule is Fc1ccc2ccc3c(F)cccc3c2c1F.